The lowest BCUT2D eigenvalue weighted by Gasteiger charge is -2.24. The summed E-state index contributed by atoms with van der Waals surface area (Å²) in [6.45, 7) is 0. The first-order valence-corrected chi connectivity index (χ1v) is 8.74. The molecule has 3 heterocycles. The predicted molar refractivity (Wildman–Crippen MR) is 85.7 cm³/mol. The van der Waals surface area contributed by atoms with Gasteiger partial charge in [0.1, 0.15) is 5.69 Å². The molecule has 5 nitrogen and oxygen atoms in total. The SMILES string of the molecule is O=C(Nc1nc(-c2ccco2)cs1)C1CC2CCCCC2N1. The van der Waals surface area contributed by atoms with Crippen LogP contribution in [-0.2, 0) is 4.79 Å². The number of aromatic nitrogens is 1. The van der Waals surface area contributed by atoms with E-state index in [1.54, 1.807) is 6.26 Å². The Morgan fingerprint density at radius 1 is 1.41 bits per heavy atom. The van der Waals surface area contributed by atoms with Gasteiger partial charge in [0.2, 0.25) is 5.91 Å². The van der Waals surface area contributed by atoms with E-state index in [2.05, 4.69) is 15.6 Å². The van der Waals surface area contributed by atoms with E-state index < -0.39 is 0 Å². The van der Waals surface area contributed by atoms with Crippen LogP contribution in [0.4, 0.5) is 5.13 Å². The Morgan fingerprint density at radius 3 is 3.14 bits per heavy atom. The maximum Gasteiger partial charge on any atom is 0.243 e. The summed E-state index contributed by atoms with van der Waals surface area (Å²) in [6.07, 6.45) is 7.61. The fraction of sp³-hybridized carbons (Fsp3) is 0.500. The van der Waals surface area contributed by atoms with Gasteiger partial charge in [-0.1, -0.05) is 12.8 Å². The van der Waals surface area contributed by atoms with Gasteiger partial charge in [-0.25, -0.2) is 4.98 Å². The van der Waals surface area contributed by atoms with Crippen molar-refractivity contribution >= 4 is 22.4 Å². The lowest BCUT2D eigenvalue weighted by Crippen LogP contribution is -2.39. The summed E-state index contributed by atoms with van der Waals surface area (Å²) in [5.74, 6) is 1.43. The highest BCUT2D eigenvalue weighted by molar-refractivity contribution is 7.14. The first kappa shape index (κ1) is 14.0. The first-order chi connectivity index (χ1) is 10.8. The molecule has 0 aromatic carbocycles. The molecule has 6 heteroatoms. The van der Waals surface area contributed by atoms with Gasteiger partial charge in [0.25, 0.3) is 0 Å². The number of amides is 1. The zero-order chi connectivity index (χ0) is 14.9. The number of thiazole rings is 1. The quantitative estimate of drug-likeness (QED) is 0.912. The van der Waals surface area contributed by atoms with Gasteiger partial charge in [-0.05, 0) is 37.3 Å². The van der Waals surface area contributed by atoms with Crippen molar-refractivity contribution in [1.29, 1.82) is 0 Å². The number of furan rings is 1. The van der Waals surface area contributed by atoms with Crippen molar-refractivity contribution in [3.63, 3.8) is 0 Å². The van der Waals surface area contributed by atoms with Crippen LogP contribution in [0, 0.1) is 5.92 Å². The van der Waals surface area contributed by atoms with Crippen LogP contribution >= 0.6 is 11.3 Å². The molecular formula is C16H19N3O2S. The predicted octanol–water partition coefficient (Wildman–Crippen LogP) is 3.26. The summed E-state index contributed by atoms with van der Waals surface area (Å²) in [7, 11) is 0. The highest BCUT2D eigenvalue weighted by Crippen LogP contribution is 2.33. The topological polar surface area (TPSA) is 67.2 Å². The minimum atomic E-state index is -0.0796. The van der Waals surface area contributed by atoms with E-state index in [9.17, 15) is 4.79 Å². The van der Waals surface area contributed by atoms with Crippen LogP contribution in [0.25, 0.3) is 11.5 Å². The lowest BCUT2D eigenvalue weighted by molar-refractivity contribution is -0.117. The van der Waals surface area contributed by atoms with Crippen LogP contribution in [-0.4, -0.2) is 23.0 Å². The van der Waals surface area contributed by atoms with Crippen molar-refractivity contribution in [2.24, 2.45) is 5.92 Å². The van der Waals surface area contributed by atoms with Crippen LogP contribution in [0.15, 0.2) is 28.2 Å². The van der Waals surface area contributed by atoms with E-state index in [0.29, 0.717) is 17.1 Å². The highest BCUT2D eigenvalue weighted by atomic mass is 32.1. The number of fused-ring (bicyclic) bond motifs is 1. The Kier molecular flexibility index (Phi) is 3.72. The second-order valence-electron chi connectivity index (χ2n) is 6.11. The summed E-state index contributed by atoms with van der Waals surface area (Å²) < 4.78 is 5.32. The maximum absolute atomic E-state index is 12.4. The lowest BCUT2D eigenvalue weighted by atomic mass is 9.85. The summed E-state index contributed by atoms with van der Waals surface area (Å²) in [4.78, 5) is 16.8. The molecule has 0 bridgehead atoms. The fourth-order valence-corrected chi connectivity index (χ4v) is 4.28. The molecule has 1 aliphatic carbocycles. The molecule has 2 N–H and O–H groups in total. The molecule has 1 saturated carbocycles. The summed E-state index contributed by atoms with van der Waals surface area (Å²) in [5, 5.41) is 8.97. The molecule has 1 amide bonds. The van der Waals surface area contributed by atoms with Crippen molar-refractivity contribution in [1.82, 2.24) is 10.3 Å². The van der Waals surface area contributed by atoms with Crippen LogP contribution in [0.1, 0.15) is 32.1 Å². The number of hydrogen-bond acceptors (Lipinski definition) is 5. The van der Waals surface area contributed by atoms with Crippen LogP contribution in [0.2, 0.25) is 0 Å². The van der Waals surface area contributed by atoms with E-state index in [1.807, 2.05) is 17.5 Å². The molecule has 2 aromatic rings. The van der Waals surface area contributed by atoms with Gasteiger partial charge < -0.3 is 15.1 Å². The smallest absolute Gasteiger partial charge is 0.243 e. The summed E-state index contributed by atoms with van der Waals surface area (Å²) in [5.41, 5.74) is 0.762. The molecule has 1 saturated heterocycles. The van der Waals surface area contributed by atoms with Crippen molar-refractivity contribution in [2.45, 2.75) is 44.2 Å². The molecule has 4 rings (SSSR count). The van der Waals surface area contributed by atoms with E-state index in [4.69, 9.17) is 4.42 Å². The van der Waals surface area contributed by atoms with Gasteiger partial charge in [-0.3, -0.25) is 4.79 Å². The molecular weight excluding hydrogens is 298 g/mol. The molecule has 116 valence electrons. The summed E-state index contributed by atoms with van der Waals surface area (Å²) >= 11 is 1.43. The number of nitrogens with one attached hydrogen (secondary N) is 2. The van der Waals surface area contributed by atoms with Gasteiger partial charge in [-0.15, -0.1) is 11.3 Å². The van der Waals surface area contributed by atoms with Crippen LogP contribution in [0.5, 0.6) is 0 Å². The third kappa shape index (κ3) is 2.68. The van der Waals surface area contributed by atoms with Crippen molar-refractivity contribution in [2.75, 3.05) is 5.32 Å². The second kappa shape index (κ2) is 5.85. The number of hydrogen-bond donors (Lipinski definition) is 2. The first-order valence-electron chi connectivity index (χ1n) is 7.86. The standard InChI is InChI=1S/C16H19N3O2S/c20-15(12-8-10-4-1-2-5-11(10)17-12)19-16-18-13(9-22-16)14-6-3-7-21-14/h3,6-7,9-12,17H,1-2,4-5,8H2,(H,18,19,20). The van der Waals surface area contributed by atoms with Crippen LogP contribution < -0.4 is 10.6 Å². The largest absolute Gasteiger partial charge is 0.463 e. The van der Waals surface area contributed by atoms with Gasteiger partial charge in [0, 0.05) is 11.4 Å². The molecule has 3 unspecified atom stereocenters. The molecule has 2 fully saturated rings. The molecule has 2 aromatic heterocycles. The Balaban J connectivity index is 1.40. The van der Waals surface area contributed by atoms with Gasteiger partial charge in [0.05, 0.1) is 12.3 Å². The van der Waals surface area contributed by atoms with E-state index in [-0.39, 0.29) is 11.9 Å². The molecule has 0 radical (unpaired) electrons. The zero-order valence-electron chi connectivity index (χ0n) is 12.2. The Morgan fingerprint density at radius 2 is 2.32 bits per heavy atom. The van der Waals surface area contributed by atoms with E-state index in [0.717, 1.165) is 17.9 Å². The van der Waals surface area contributed by atoms with Gasteiger partial charge >= 0.3 is 0 Å². The summed E-state index contributed by atoms with van der Waals surface area (Å²) in [6, 6.07) is 4.14. The average molecular weight is 317 g/mol. The van der Waals surface area contributed by atoms with E-state index in [1.165, 1.54) is 37.0 Å². The Hall–Kier alpha value is -1.66. The number of carbonyl (C=O) groups excluding carboxylic acids is 1. The Bertz CT molecular complexity index is 638. The fourth-order valence-electron chi connectivity index (χ4n) is 3.58. The van der Waals surface area contributed by atoms with Crippen molar-refractivity contribution in [3.05, 3.63) is 23.8 Å². The third-order valence-corrected chi connectivity index (χ3v) is 5.44. The molecule has 1 aliphatic heterocycles. The average Bonchev–Trinajstić information content (AvgIpc) is 3.26. The maximum atomic E-state index is 12.4. The van der Waals surface area contributed by atoms with Gasteiger partial charge in [-0.2, -0.15) is 0 Å². The second-order valence-corrected chi connectivity index (χ2v) is 6.97. The van der Waals surface area contributed by atoms with Crippen LogP contribution in [0.3, 0.4) is 0 Å². The number of rotatable bonds is 3. The zero-order valence-corrected chi connectivity index (χ0v) is 13.1. The third-order valence-electron chi connectivity index (χ3n) is 4.69. The monoisotopic (exact) mass is 317 g/mol. The molecule has 3 atom stereocenters. The molecule has 0 spiro atoms. The van der Waals surface area contributed by atoms with E-state index >= 15 is 0 Å². The van der Waals surface area contributed by atoms with Crippen molar-refractivity contribution < 1.29 is 9.21 Å². The molecule has 22 heavy (non-hydrogen) atoms. The number of anilines is 1. The highest BCUT2D eigenvalue weighted by Gasteiger charge is 2.38. The normalized spacial score (nSPS) is 27.5. The molecule has 2 aliphatic rings. The van der Waals surface area contributed by atoms with Gasteiger partial charge in [0.15, 0.2) is 10.9 Å². The Labute approximate surface area is 133 Å². The minimum absolute atomic E-state index is 0.0368. The van der Waals surface area contributed by atoms with Crippen molar-refractivity contribution in [3.8, 4) is 11.5 Å². The number of carbonyl (C=O) groups is 1. The minimum Gasteiger partial charge on any atom is -0.463 e. The number of nitrogens with zero attached hydrogens (tertiary/aromatic N) is 1.